The summed E-state index contributed by atoms with van der Waals surface area (Å²) in [6.07, 6.45) is 3.51. The molecule has 3 heterocycles. The van der Waals surface area contributed by atoms with Crippen LogP contribution in [0.3, 0.4) is 0 Å². The highest BCUT2D eigenvalue weighted by Gasteiger charge is 2.54. The number of carbonyl (C=O) groups is 2. The van der Waals surface area contributed by atoms with Gasteiger partial charge in [0, 0.05) is 24.9 Å². The molecule has 2 aromatic carbocycles. The number of aliphatic hydroxyl groups excluding tert-OH is 1. The Kier molecular flexibility index (Phi) is 5.64. The number of amides is 2. The van der Waals surface area contributed by atoms with Crippen LogP contribution in [-0.2, 0) is 16.0 Å². The van der Waals surface area contributed by atoms with Crippen LogP contribution in [0.1, 0.15) is 17.0 Å². The van der Waals surface area contributed by atoms with Crippen LogP contribution in [-0.4, -0.2) is 63.5 Å². The van der Waals surface area contributed by atoms with Crippen molar-refractivity contribution in [3.05, 3.63) is 90.0 Å². The summed E-state index contributed by atoms with van der Waals surface area (Å²) in [5.41, 5.74) is 3.48. The number of aromatic nitrogens is 1. The second-order valence-corrected chi connectivity index (χ2v) is 8.59. The van der Waals surface area contributed by atoms with E-state index in [1.807, 2.05) is 36.4 Å². The molecule has 6 nitrogen and oxygen atoms in total. The number of hydrogen-bond acceptors (Lipinski definition) is 4. The van der Waals surface area contributed by atoms with Gasteiger partial charge in [0.15, 0.2) is 0 Å². The lowest BCUT2D eigenvalue weighted by atomic mass is 9.73. The molecule has 2 fully saturated rings. The molecular weight excluding hydrogens is 421 g/mol. The minimum absolute atomic E-state index is 0.0251. The van der Waals surface area contributed by atoms with Crippen LogP contribution >= 0.6 is 0 Å². The topological polar surface area (TPSA) is 73.7 Å². The maximum atomic E-state index is 13.6. The van der Waals surface area contributed by atoms with E-state index in [1.165, 1.54) is 12.1 Å². The molecule has 0 saturated carbocycles. The summed E-state index contributed by atoms with van der Waals surface area (Å²) in [6, 6.07) is 17.4. The van der Waals surface area contributed by atoms with Crippen LogP contribution in [0.4, 0.5) is 4.39 Å². The van der Waals surface area contributed by atoms with Gasteiger partial charge in [-0.25, -0.2) is 4.39 Å². The molecule has 2 aliphatic rings. The Morgan fingerprint density at radius 2 is 1.91 bits per heavy atom. The molecule has 2 amide bonds. The fourth-order valence-electron chi connectivity index (χ4n) is 5.04. The normalized spacial score (nSPS) is 22.0. The van der Waals surface area contributed by atoms with Crippen molar-refractivity contribution in [3.63, 3.8) is 0 Å². The number of hydrogen-bond donors (Lipinski definition) is 1. The van der Waals surface area contributed by atoms with Crippen molar-refractivity contribution in [2.75, 3.05) is 19.7 Å². The van der Waals surface area contributed by atoms with E-state index in [0.717, 1.165) is 22.3 Å². The maximum absolute atomic E-state index is 13.6. The largest absolute Gasteiger partial charge is 0.394 e. The number of carbonyl (C=O) groups excluding carboxylic acids is 2. The molecular formula is C26H24FN3O3. The highest BCUT2D eigenvalue weighted by atomic mass is 19.1. The predicted octanol–water partition coefficient (Wildman–Crippen LogP) is 2.63. The lowest BCUT2D eigenvalue weighted by molar-refractivity contribution is -0.166. The summed E-state index contributed by atoms with van der Waals surface area (Å²) in [4.78, 5) is 33.1. The number of aliphatic hydroxyl groups is 1. The highest BCUT2D eigenvalue weighted by molar-refractivity contribution is 5.88. The Morgan fingerprint density at radius 1 is 1.09 bits per heavy atom. The van der Waals surface area contributed by atoms with Gasteiger partial charge in [-0.1, -0.05) is 42.5 Å². The first kappa shape index (κ1) is 21.3. The van der Waals surface area contributed by atoms with Gasteiger partial charge >= 0.3 is 0 Å². The number of halogens is 1. The molecule has 2 saturated heterocycles. The standard InChI is InChI=1S/C26H24FN3O3/c27-21-5-1-4-20(12-21)18-6-8-19(9-7-18)26-22-14-29(15-25(33)30(22)23(26)16-31)24(32)11-17-3-2-10-28-13-17/h1-10,12-13,22-23,26,31H,11,14-16H2/t22-,23+,26-/m0/s1. The maximum Gasteiger partial charge on any atom is 0.242 e. The van der Waals surface area contributed by atoms with Gasteiger partial charge in [0.2, 0.25) is 11.8 Å². The SMILES string of the molecule is O=C(Cc1cccnc1)N1CC(=O)N2[C@H](CO)[C@@H](c3ccc(-c4cccc(F)c4)cc3)[C@@H]2C1. The van der Waals surface area contributed by atoms with Crippen LogP contribution in [0.5, 0.6) is 0 Å². The Bertz CT molecular complexity index is 1170. The molecule has 1 N–H and O–H groups in total. The molecule has 0 aliphatic carbocycles. The zero-order valence-electron chi connectivity index (χ0n) is 18.0. The zero-order valence-corrected chi connectivity index (χ0v) is 18.0. The smallest absolute Gasteiger partial charge is 0.242 e. The Labute approximate surface area is 191 Å². The van der Waals surface area contributed by atoms with Crippen LogP contribution in [0, 0.1) is 5.82 Å². The van der Waals surface area contributed by atoms with Gasteiger partial charge in [0.25, 0.3) is 0 Å². The highest BCUT2D eigenvalue weighted by Crippen LogP contribution is 2.43. The molecule has 0 unspecified atom stereocenters. The lowest BCUT2D eigenvalue weighted by Gasteiger charge is -2.58. The van der Waals surface area contributed by atoms with Crippen LogP contribution in [0.2, 0.25) is 0 Å². The molecule has 0 radical (unpaired) electrons. The third-order valence-corrected chi connectivity index (χ3v) is 6.64. The summed E-state index contributed by atoms with van der Waals surface area (Å²) in [6.45, 7) is 0.317. The van der Waals surface area contributed by atoms with Gasteiger partial charge in [-0.15, -0.1) is 0 Å². The molecule has 168 valence electrons. The minimum atomic E-state index is -0.307. The molecule has 2 aliphatic heterocycles. The van der Waals surface area contributed by atoms with E-state index in [0.29, 0.717) is 6.54 Å². The quantitative estimate of drug-likeness (QED) is 0.655. The first-order chi connectivity index (χ1) is 16.0. The Hall–Kier alpha value is -3.58. The van der Waals surface area contributed by atoms with E-state index < -0.39 is 0 Å². The molecule has 5 rings (SSSR count). The van der Waals surface area contributed by atoms with E-state index in [2.05, 4.69) is 4.98 Å². The zero-order chi connectivity index (χ0) is 22.9. The number of benzene rings is 2. The van der Waals surface area contributed by atoms with Crippen LogP contribution < -0.4 is 0 Å². The van der Waals surface area contributed by atoms with Crippen LogP contribution in [0.25, 0.3) is 11.1 Å². The molecule has 1 aromatic heterocycles. The first-order valence-electron chi connectivity index (χ1n) is 11.0. The van der Waals surface area contributed by atoms with E-state index in [4.69, 9.17) is 0 Å². The summed E-state index contributed by atoms with van der Waals surface area (Å²) in [5, 5.41) is 9.98. The summed E-state index contributed by atoms with van der Waals surface area (Å²) >= 11 is 0. The van der Waals surface area contributed by atoms with Gasteiger partial charge in [-0.2, -0.15) is 0 Å². The van der Waals surface area contributed by atoms with Crippen molar-refractivity contribution < 1.29 is 19.1 Å². The first-order valence-corrected chi connectivity index (χ1v) is 11.0. The van der Waals surface area contributed by atoms with Gasteiger partial charge in [-0.3, -0.25) is 14.6 Å². The van der Waals surface area contributed by atoms with Crippen molar-refractivity contribution in [2.45, 2.75) is 24.4 Å². The number of nitrogens with zero attached hydrogens (tertiary/aromatic N) is 3. The molecule has 0 bridgehead atoms. The van der Waals surface area contributed by atoms with Gasteiger partial charge in [0.05, 0.1) is 31.7 Å². The summed E-state index contributed by atoms with van der Waals surface area (Å²) in [5.74, 6) is -0.612. The second kappa shape index (κ2) is 8.75. The van der Waals surface area contributed by atoms with Gasteiger partial charge < -0.3 is 14.9 Å². The van der Waals surface area contributed by atoms with E-state index in [9.17, 15) is 19.1 Å². The summed E-state index contributed by atoms with van der Waals surface area (Å²) in [7, 11) is 0. The third-order valence-electron chi connectivity index (χ3n) is 6.64. The summed E-state index contributed by atoms with van der Waals surface area (Å²) < 4.78 is 13.6. The molecule has 3 aromatic rings. The van der Waals surface area contributed by atoms with Crippen molar-refractivity contribution in [1.82, 2.24) is 14.8 Å². The third kappa shape index (κ3) is 4.00. The fraction of sp³-hybridized carbons (Fsp3) is 0.269. The molecule has 33 heavy (non-hydrogen) atoms. The van der Waals surface area contributed by atoms with E-state index >= 15 is 0 Å². The van der Waals surface area contributed by atoms with Gasteiger partial charge in [0.1, 0.15) is 5.82 Å². The average Bonchev–Trinajstić information content (AvgIpc) is 2.81. The second-order valence-electron chi connectivity index (χ2n) is 8.59. The number of piperazine rings is 1. The number of rotatable bonds is 5. The van der Waals surface area contributed by atoms with Crippen LogP contribution in [0.15, 0.2) is 73.1 Å². The lowest BCUT2D eigenvalue weighted by Crippen LogP contribution is -2.73. The van der Waals surface area contributed by atoms with Crippen molar-refractivity contribution in [3.8, 4) is 11.1 Å². The van der Waals surface area contributed by atoms with Crippen molar-refractivity contribution >= 4 is 11.8 Å². The molecule has 0 spiro atoms. The number of fused-ring (bicyclic) bond motifs is 1. The van der Waals surface area contributed by atoms with Gasteiger partial charge in [-0.05, 0) is 40.5 Å². The predicted molar refractivity (Wildman–Crippen MR) is 121 cm³/mol. The van der Waals surface area contributed by atoms with E-state index in [1.54, 1.807) is 34.3 Å². The minimum Gasteiger partial charge on any atom is -0.394 e. The fourth-order valence-corrected chi connectivity index (χ4v) is 5.04. The Morgan fingerprint density at radius 3 is 2.61 bits per heavy atom. The monoisotopic (exact) mass is 445 g/mol. The average molecular weight is 445 g/mol. The van der Waals surface area contributed by atoms with Crippen molar-refractivity contribution in [2.24, 2.45) is 0 Å². The molecule has 7 heteroatoms. The van der Waals surface area contributed by atoms with Crippen molar-refractivity contribution in [1.29, 1.82) is 0 Å². The Balaban J connectivity index is 1.35. The molecule has 3 atom stereocenters. The number of pyridine rings is 1. The van der Waals surface area contributed by atoms with E-state index in [-0.39, 0.29) is 55.2 Å².